The predicted molar refractivity (Wildman–Crippen MR) is 117 cm³/mol. The fourth-order valence-electron chi connectivity index (χ4n) is 3.19. The van der Waals surface area contributed by atoms with Gasteiger partial charge in [0.05, 0.1) is 19.6 Å². The van der Waals surface area contributed by atoms with Crippen LogP contribution in [0, 0.1) is 0 Å². The number of benzene rings is 2. The fraction of sp³-hybridized carbons (Fsp3) is 0.263. The largest absolute Gasteiger partial charge is 0.298 e. The number of rotatable bonds is 4. The highest BCUT2D eigenvalue weighted by molar-refractivity contribution is 7.89. The number of hydrogen-bond acceptors (Lipinski definition) is 5. The molecule has 0 unspecified atom stereocenters. The minimum absolute atomic E-state index is 0.192. The molecule has 1 amide bonds. The number of thiazole rings is 1. The molecule has 3 aromatic rings. The van der Waals surface area contributed by atoms with E-state index in [-0.39, 0.29) is 10.8 Å². The lowest BCUT2D eigenvalue weighted by Gasteiger charge is -2.25. The first-order valence-corrected chi connectivity index (χ1v) is 12.0. The molecule has 6 nitrogen and oxygen atoms in total. The van der Waals surface area contributed by atoms with Crippen LogP contribution in [0.15, 0.2) is 41.3 Å². The van der Waals surface area contributed by atoms with Crippen molar-refractivity contribution in [2.24, 2.45) is 0 Å². The van der Waals surface area contributed by atoms with Gasteiger partial charge in [0.1, 0.15) is 5.52 Å². The second kappa shape index (κ2) is 8.20. The summed E-state index contributed by atoms with van der Waals surface area (Å²) in [5, 5.41) is 3.85. The second-order valence-corrected chi connectivity index (χ2v) is 10.4. The number of carbonyl (C=O) groups is 1. The van der Waals surface area contributed by atoms with Crippen molar-refractivity contribution in [2.45, 2.75) is 24.2 Å². The molecule has 10 heteroatoms. The van der Waals surface area contributed by atoms with E-state index >= 15 is 0 Å². The highest BCUT2D eigenvalue weighted by atomic mass is 35.5. The maximum absolute atomic E-state index is 12.7. The van der Waals surface area contributed by atoms with E-state index in [4.69, 9.17) is 23.2 Å². The lowest BCUT2D eigenvalue weighted by atomic mass is 10.2. The van der Waals surface area contributed by atoms with Gasteiger partial charge in [0.25, 0.3) is 5.91 Å². The first kappa shape index (κ1) is 20.6. The zero-order valence-electron chi connectivity index (χ0n) is 15.2. The standard InChI is InChI=1S/C19H17Cl2N3O3S2/c20-14-8-9-15-17(16(14)21)22-19(28-15)23-18(25)12-4-6-13(7-5-12)29(26,27)24-10-2-1-3-11-24/h4-9H,1-3,10-11H2,(H,22,23,25). The second-order valence-electron chi connectivity index (χ2n) is 6.67. The first-order valence-electron chi connectivity index (χ1n) is 9.02. The van der Waals surface area contributed by atoms with Crippen LogP contribution in [0.2, 0.25) is 10.0 Å². The number of nitrogens with one attached hydrogen (secondary N) is 1. The summed E-state index contributed by atoms with van der Waals surface area (Å²) in [4.78, 5) is 17.1. The molecular formula is C19H17Cl2N3O3S2. The molecule has 0 bridgehead atoms. The van der Waals surface area contributed by atoms with E-state index in [0.29, 0.717) is 39.3 Å². The molecule has 1 aromatic heterocycles. The average Bonchev–Trinajstić information content (AvgIpc) is 3.15. The first-order chi connectivity index (χ1) is 13.9. The normalized spacial score (nSPS) is 15.5. The third-order valence-corrected chi connectivity index (χ3v) is 8.38. The highest BCUT2D eigenvalue weighted by Gasteiger charge is 2.26. The summed E-state index contributed by atoms with van der Waals surface area (Å²) in [7, 11) is -3.53. The Morgan fingerprint density at radius 1 is 1.03 bits per heavy atom. The van der Waals surface area contributed by atoms with Crippen molar-refractivity contribution in [3.8, 4) is 0 Å². The lowest BCUT2D eigenvalue weighted by Crippen LogP contribution is -2.35. The number of anilines is 1. The summed E-state index contributed by atoms with van der Waals surface area (Å²) in [5.41, 5.74) is 0.869. The number of piperidine rings is 1. The van der Waals surface area contributed by atoms with Crippen LogP contribution < -0.4 is 5.32 Å². The SMILES string of the molecule is O=C(Nc1nc2c(Cl)c(Cl)ccc2s1)c1ccc(S(=O)(=O)N2CCCCC2)cc1. The number of fused-ring (bicyclic) bond motifs is 1. The topological polar surface area (TPSA) is 79.4 Å². The summed E-state index contributed by atoms with van der Waals surface area (Å²) in [5.74, 6) is -0.381. The Morgan fingerprint density at radius 2 is 1.72 bits per heavy atom. The van der Waals surface area contributed by atoms with Crippen molar-refractivity contribution in [1.29, 1.82) is 0 Å². The van der Waals surface area contributed by atoms with E-state index in [1.54, 1.807) is 12.1 Å². The van der Waals surface area contributed by atoms with Gasteiger partial charge in [-0.05, 0) is 49.2 Å². The zero-order valence-corrected chi connectivity index (χ0v) is 18.3. The van der Waals surface area contributed by atoms with Crippen molar-refractivity contribution in [3.05, 3.63) is 52.0 Å². The molecule has 0 aliphatic carbocycles. The van der Waals surface area contributed by atoms with Gasteiger partial charge in [-0.25, -0.2) is 13.4 Å². The van der Waals surface area contributed by atoms with Crippen LogP contribution >= 0.6 is 34.5 Å². The molecule has 0 atom stereocenters. The van der Waals surface area contributed by atoms with E-state index in [1.165, 1.54) is 39.9 Å². The predicted octanol–water partition coefficient (Wildman–Crippen LogP) is 5.03. The van der Waals surface area contributed by atoms with Gasteiger partial charge < -0.3 is 0 Å². The van der Waals surface area contributed by atoms with Crippen LogP contribution in [0.4, 0.5) is 5.13 Å². The highest BCUT2D eigenvalue weighted by Crippen LogP contribution is 2.35. The molecule has 0 saturated carbocycles. The Hall–Kier alpha value is -1.71. The van der Waals surface area contributed by atoms with Gasteiger partial charge in [-0.3, -0.25) is 10.1 Å². The molecule has 1 aliphatic rings. The van der Waals surface area contributed by atoms with Gasteiger partial charge in [-0.1, -0.05) is 41.0 Å². The Kier molecular flexibility index (Phi) is 5.81. The van der Waals surface area contributed by atoms with Crippen LogP contribution in [0.1, 0.15) is 29.6 Å². The molecule has 1 aliphatic heterocycles. The molecule has 0 spiro atoms. The van der Waals surface area contributed by atoms with Crippen LogP contribution in [0.3, 0.4) is 0 Å². The van der Waals surface area contributed by atoms with E-state index in [2.05, 4.69) is 10.3 Å². The maximum Gasteiger partial charge on any atom is 0.257 e. The molecule has 1 N–H and O–H groups in total. The van der Waals surface area contributed by atoms with Gasteiger partial charge in [-0.2, -0.15) is 4.31 Å². The Balaban J connectivity index is 1.52. The van der Waals surface area contributed by atoms with Crippen molar-refractivity contribution >= 4 is 65.8 Å². The third-order valence-electron chi connectivity index (χ3n) is 4.74. The molecule has 2 aromatic carbocycles. The summed E-state index contributed by atoms with van der Waals surface area (Å²) < 4.78 is 27.7. The Morgan fingerprint density at radius 3 is 2.41 bits per heavy atom. The van der Waals surface area contributed by atoms with Crippen LogP contribution in [0.5, 0.6) is 0 Å². The number of sulfonamides is 1. The zero-order chi connectivity index (χ0) is 20.6. The number of carbonyl (C=O) groups excluding carboxylic acids is 1. The number of halogens is 2. The van der Waals surface area contributed by atoms with E-state index in [1.807, 2.05) is 0 Å². The average molecular weight is 470 g/mol. The summed E-state index contributed by atoms with van der Waals surface area (Å²) >= 11 is 13.4. The minimum Gasteiger partial charge on any atom is -0.298 e. The van der Waals surface area contributed by atoms with Gasteiger partial charge in [-0.15, -0.1) is 0 Å². The number of nitrogens with zero attached hydrogens (tertiary/aromatic N) is 2. The molecule has 152 valence electrons. The minimum atomic E-state index is -3.53. The van der Waals surface area contributed by atoms with Gasteiger partial charge in [0.2, 0.25) is 10.0 Å². The summed E-state index contributed by atoms with van der Waals surface area (Å²) in [6, 6.07) is 9.41. The number of aromatic nitrogens is 1. The van der Waals surface area contributed by atoms with Gasteiger partial charge in [0, 0.05) is 18.7 Å². The van der Waals surface area contributed by atoms with Crippen LogP contribution in [-0.2, 0) is 10.0 Å². The maximum atomic E-state index is 12.7. The molecule has 4 rings (SSSR count). The summed E-state index contributed by atoms with van der Waals surface area (Å²) in [6.45, 7) is 1.07. The third kappa shape index (κ3) is 4.13. The fourth-order valence-corrected chi connectivity index (χ4v) is 5.99. The smallest absolute Gasteiger partial charge is 0.257 e. The molecule has 0 radical (unpaired) electrons. The Labute approximate surface area is 182 Å². The monoisotopic (exact) mass is 469 g/mol. The molecule has 1 saturated heterocycles. The van der Waals surface area contributed by atoms with Gasteiger partial charge >= 0.3 is 0 Å². The molecule has 2 heterocycles. The van der Waals surface area contributed by atoms with Crippen LogP contribution in [0.25, 0.3) is 10.2 Å². The summed E-state index contributed by atoms with van der Waals surface area (Å²) in [6.07, 6.45) is 2.79. The van der Waals surface area contributed by atoms with Gasteiger partial charge in [0.15, 0.2) is 5.13 Å². The van der Waals surface area contributed by atoms with Crippen LogP contribution in [-0.4, -0.2) is 36.7 Å². The number of amides is 1. The quantitative estimate of drug-likeness (QED) is 0.580. The van der Waals surface area contributed by atoms with Crippen molar-refractivity contribution in [2.75, 3.05) is 18.4 Å². The molecular weight excluding hydrogens is 453 g/mol. The van der Waals surface area contributed by atoms with E-state index in [0.717, 1.165) is 24.0 Å². The van der Waals surface area contributed by atoms with E-state index < -0.39 is 10.0 Å². The number of hydrogen-bond donors (Lipinski definition) is 1. The van der Waals surface area contributed by atoms with Crippen molar-refractivity contribution in [3.63, 3.8) is 0 Å². The Bertz CT molecular complexity index is 1170. The van der Waals surface area contributed by atoms with Crippen molar-refractivity contribution in [1.82, 2.24) is 9.29 Å². The molecule has 1 fully saturated rings. The lowest BCUT2D eigenvalue weighted by molar-refractivity contribution is 0.102. The molecule has 29 heavy (non-hydrogen) atoms. The van der Waals surface area contributed by atoms with E-state index in [9.17, 15) is 13.2 Å². The van der Waals surface area contributed by atoms with Crippen molar-refractivity contribution < 1.29 is 13.2 Å².